The Morgan fingerprint density at radius 2 is 1.71 bits per heavy atom. The van der Waals surface area contributed by atoms with E-state index in [1.165, 1.54) is 6.26 Å². The predicted octanol–water partition coefficient (Wildman–Crippen LogP) is 1.83. The van der Waals surface area contributed by atoms with Gasteiger partial charge in [0, 0.05) is 51.3 Å². The lowest BCUT2D eigenvalue weighted by molar-refractivity contribution is 0.0237. The molecule has 0 radical (unpaired) electrons. The summed E-state index contributed by atoms with van der Waals surface area (Å²) in [4.78, 5) is 32.7. The Hall–Kier alpha value is -2.87. The van der Waals surface area contributed by atoms with Crippen LogP contribution in [-0.2, 0) is 4.74 Å². The number of pyridine rings is 1. The highest BCUT2D eigenvalue weighted by Crippen LogP contribution is 2.17. The first-order valence-electron chi connectivity index (χ1n) is 9.53. The van der Waals surface area contributed by atoms with Crippen LogP contribution >= 0.6 is 0 Å². The third-order valence-corrected chi connectivity index (χ3v) is 5.03. The van der Waals surface area contributed by atoms with E-state index in [2.05, 4.69) is 4.98 Å². The molecule has 2 aromatic rings. The van der Waals surface area contributed by atoms with Gasteiger partial charge in [0.2, 0.25) is 5.88 Å². The maximum Gasteiger partial charge on any atom is 0.289 e. The number of hydrogen-bond acceptors (Lipinski definition) is 6. The number of aromatic nitrogens is 1. The van der Waals surface area contributed by atoms with Gasteiger partial charge in [-0.2, -0.15) is 0 Å². The number of furan rings is 1. The minimum atomic E-state index is -0.145. The summed E-state index contributed by atoms with van der Waals surface area (Å²) in [6.07, 6.45) is 4.85. The van der Waals surface area contributed by atoms with Crippen molar-refractivity contribution in [2.75, 3.05) is 39.4 Å². The second-order valence-corrected chi connectivity index (χ2v) is 6.88. The molecule has 4 rings (SSSR count). The number of nitrogens with zero attached hydrogens (tertiary/aromatic N) is 3. The van der Waals surface area contributed by atoms with E-state index in [1.807, 2.05) is 0 Å². The summed E-state index contributed by atoms with van der Waals surface area (Å²) in [5, 5.41) is 0. The van der Waals surface area contributed by atoms with Gasteiger partial charge in [0.1, 0.15) is 6.10 Å². The minimum Gasteiger partial charge on any atom is -0.474 e. The lowest BCUT2D eigenvalue weighted by Gasteiger charge is -2.34. The Morgan fingerprint density at radius 3 is 2.32 bits per heavy atom. The van der Waals surface area contributed by atoms with Gasteiger partial charge in [-0.15, -0.1) is 0 Å². The Kier molecular flexibility index (Phi) is 5.57. The number of amides is 2. The van der Waals surface area contributed by atoms with Crippen molar-refractivity contribution in [2.24, 2.45) is 0 Å². The van der Waals surface area contributed by atoms with Crippen LogP contribution < -0.4 is 4.74 Å². The van der Waals surface area contributed by atoms with Crippen LogP contribution in [0.1, 0.15) is 33.8 Å². The molecule has 0 spiro atoms. The van der Waals surface area contributed by atoms with Crippen molar-refractivity contribution >= 4 is 11.8 Å². The minimum absolute atomic E-state index is 0.0878. The molecule has 0 N–H and O–H groups in total. The lowest BCUT2D eigenvalue weighted by atomic mass is 10.1. The van der Waals surface area contributed by atoms with Gasteiger partial charge in [-0.05, 0) is 18.2 Å². The first-order valence-corrected chi connectivity index (χ1v) is 9.53. The molecule has 148 valence electrons. The van der Waals surface area contributed by atoms with Gasteiger partial charge in [-0.25, -0.2) is 4.98 Å². The second kappa shape index (κ2) is 8.43. The van der Waals surface area contributed by atoms with Gasteiger partial charge < -0.3 is 23.7 Å². The Balaban J connectivity index is 1.30. The molecular formula is C20H23N3O5. The average molecular weight is 385 g/mol. The maximum atomic E-state index is 12.7. The number of ether oxygens (including phenoxy) is 2. The normalized spacial score (nSPS) is 18.1. The summed E-state index contributed by atoms with van der Waals surface area (Å²) in [5.41, 5.74) is 0.519. The second-order valence-electron chi connectivity index (χ2n) is 6.88. The largest absolute Gasteiger partial charge is 0.474 e. The number of piperazine rings is 1. The topological polar surface area (TPSA) is 85.1 Å². The fourth-order valence-electron chi connectivity index (χ4n) is 3.39. The van der Waals surface area contributed by atoms with Crippen molar-refractivity contribution in [2.45, 2.75) is 18.9 Å². The van der Waals surface area contributed by atoms with Gasteiger partial charge in [0.25, 0.3) is 11.8 Å². The van der Waals surface area contributed by atoms with Crippen LogP contribution in [0.2, 0.25) is 0 Å². The molecule has 28 heavy (non-hydrogen) atoms. The molecule has 8 heteroatoms. The quantitative estimate of drug-likeness (QED) is 0.798. The lowest BCUT2D eigenvalue weighted by Crippen LogP contribution is -2.50. The van der Waals surface area contributed by atoms with Crippen molar-refractivity contribution in [3.05, 3.63) is 48.0 Å². The van der Waals surface area contributed by atoms with E-state index in [-0.39, 0.29) is 17.9 Å². The first-order chi connectivity index (χ1) is 13.7. The van der Waals surface area contributed by atoms with E-state index >= 15 is 0 Å². The molecule has 0 aliphatic carbocycles. The molecule has 2 saturated heterocycles. The van der Waals surface area contributed by atoms with E-state index in [4.69, 9.17) is 13.9 Å². The Labute approximate surface area is 163 Å². The molecular weight excluding hydrogens is 362 g/mol. The predicted molar refractivity (Wildman–Crippen MR) is 99.2 cm³/mol. The smallest absolute Gasteiger partial charge is 0.289 e. The van der Waals surface area contributed by atoms with Crippen molar-refractivity contribution < 1.29 is 23.5 Å². The molecule has 2 aromatic heterocycles. The van der Waals surface area contributed by atoms with Gasteiger partial charge in [0.15, 0.2) is 5.76 Å². The molecule has 0 aromatic carbocycles. The molecule has 8 nitrogen and oxygen atoms in total. The first kappa shape index (κ1) is 18.5. The zero-order valence-electron chi connectivity index (χ0n) is 15.6. The fourth-order valence-corrected chi connectivity index (χ4v) is 3.39. The van der Waals surface area contributed by atoms with E-state index < -0.39 is 0 Å². The van der Waals surface area contributed by atoms with E-state index in [1.54, 1.807) is 40.3 Å². The molecule has 2 aliphatic rings. The van der Waals surface area contributed by atoms with Crippen molar-refractivity contribution in [3.8, 4) is 5.88 Å². The van der Waals surface area contributed by atoms with Crippen LogP contribution in [-0.4, -0.2) is 72.1 Å². The van der Waals surface area contributed by atoms with Gasteiger partial charge in [0.05, 0.1) is 25.0 Å². The van der Waals surface area contributed by atoms with Crippen LogP contribution in [0.3, 0.4) is 0 Å². The third kappa shape index (κ3) is 4.17. The maximum absolute atomic E-state index is 12.7. The molecule has 2 amide bonds. The molecule has 0 atom stereocenters. The zero-order valence-corrected chi connectivity index (χ0v) is 15.6. The summed E-state index contributed by atoms with van der Waals surface area (Å²) in [5.74, 6) is 0.616. The Bertz CT molecular complexity index is 792. The highest BCUT2D eigenvalue weighted by molar-refractivity contribution is 5.94. The number of hydrogen-bond donors (Lipinski definition) is 0. The molecule has 0 unspecified atom stereocenters. The van der Waals surface area contributed by atoms with Crippen molar-refractivity contribution in [3.63, 3.8) is 0 Å². The zero-order chi connectivity index (χ0) is 19.3. The highest BCUT2D eigenvalue weighted by Gasteiger charge is 2.27. The molecule has 0 saturated carbocycles. The van der Waals surface area contributed by atoms with Gasteiger partial charge >= 0.3 is 0 Å². The van der Waals surface area contributed by atoms with Gasteiger partial charge in [-0.1, -0.05) is 0 Å². The van der Waals surface area contributed by atoms with Crippen molar-refractivity contribution in [1.29, 1.82) is 0 Å². The van der Waals surface area contributed by atoms with Crippen LogP contribution in [0, 0.1) is 0 Å². The number of rotatable bonds is 4. The van der Waals surface area contributed by atoms with E-state index in [0.29, 0.717) is 56.6 Å². The number of carbonyl (C=O) groups excluding carboxylic acids is 2. The van der Waals surface area contributed by atoms with Crippen LogP contribution in [0.4, 0.5) is 0 Å². The van der Waals surface area contributed by atoms with E-state index in [0.717, 1.165) is 12.8 Å². The highest BCUT2D eigenvalue weighted by atomic mass is 16.5. The monoisotopic (exact) mass is 385 g/mol. The molecule has 4 heterocycles. The standard InChI is InChI=1S/C20H23N3O5/c24-19(15-3-4-18(21-14-15)28-16-5-12-26-13-6-16)22-7-9-23(10-8-22)20(25)17-2-1-11-27-17/h1-4,11,14,16H,5-10,12-13H2. The summed E-state index contributed by atoms with van der Waals surface area (Å²) >= 11 is 0. The van der Waals surface area contributed by atoms with Crippen molar-refractivity contribution in [1.82, 2.24) is 14.8 Å². The Morgan fingerprint density at radius 1 is 1.00 bits per heavy atom. The fraction of sp³-hybridized carbons (Fsp3) is 0.450. The SMILES string of the molecule is O=C(c1ccc(OC2CCOCC2)nc1)N1CCN(C(=O)c2ccco2)CC1. The summed E-state index contributed by atoms with van der Waals surface area (Å²) < 4.78 is 16.3. The molecule has 2 fully saturated rings. The average Bonchev–Trinajstić information content (AvgIpc) is 3.29. The molecule has 0 bridgehead atoms. The van der Waals surface area contributed by atoms with Crippen LogP contribution in [0.25, 0.3) is 0 Å². The summed E-state index contributed by atoms with van der Waals surface area (Å²) in [6, 6.07) is 6.81. The molecule has 2 aliphatic heterocycles. The van der Waals surface area contributed by atoms with E-state index in [9.17, 15) is 9.59 Å². The number of carbonyl (C=O) groups is 2. The summed E-state index contributed by atoms with van der Waals surface area (Å²) in [6.45, 7) is 3.32. The van der Waals surface area contributed by atoms with Crippen LogP contribution in [0.5, 0.6) is 5.88 Å². The third-order valence-electron chi connectivity index (χ3n) is 5.03. The van der Waals surface area contributed by atoms with Gasteiger partial charge in [-0.3, -0.25) is 9.59 Å². The van der Waals surface area contributed by atoms with Crippen LogP contribution in [0.15, 0.2) is 41.1 Å². The summed E-state index contributed by atoms with van der Waals surface area (Å²) in [7, 11) is 0.